The Labute approximate surface area is 111 Å². The number of rotatable bonds is 8. The lowest BCUT2D eigenvalue weighted by molar-refractivity contribution is 0.0995. The molecule has 0 radical (unpaired) electrons. The van der Waals surface area contributed by atoms with E-state index >= 15 is 0 Å². The van der Waals surface area contributed by atoms with E-state index in [1.54, 1.807) is 7.11 Å². The van der Waals surface area contributed by atoms with Crippen LogP contribution in [-0.4, -0.2) is 26.9 Å². The molecule has 0 aromatic heterocycles. The lowest BCUT2D eigenvalue weighted by Gasteiger charge is -2.11. The van der Waals surface area contributed by atoms with E-state index in [1.807, 2.05) is 18.2 Å². The number of methoxy groups -OCH3 is 1. The van der Waals surface area contributed by atoms with Crippen molar-refractivity contribution in [1.29, 1.82) is 0 Å². The van der Waals surface area contributed by atoms with Crippen LogP contribution in [0.25, 0.3) is 0 Å². The topological polar surface area (TPSA) is 27.7 Å². The van der Waals surface area contributed by atoms with Gasteiger partial charge in [-0.3, -0.25) is 0 Å². The first kappa shape index (κ1) is 14.3. The normalized spacial score (nSPS) is 10.3. The molecule has 0 saturated heterocycles. The molecule has 0 N–H and O–H groups in total. The average molecular weight is 303 g/mol. The molecule has 0 aliphatic rings. The second kappa shape index (κ2) is 8.37. The molecule has 4 heteroatoms. The molecule has 0 bridgehead atoms. The first-order chi connectivity index (χ1) is 8.31. The molecule has 17 heavy (non-hydrogen) atoms. The lowest BCUT2D eigenvalue weighted by atomic mass is 10.2. The Morgan fingerprint density at radius 3 is 2.59 bits per heavy atom. The van der Waals surface area contributed by atoms with Gasteiger partial charge in [-0.25, -0.2) is 0 Å². The Bertz CT molecular complexity index is 328. The quantitative estimate of drug-likeness (QED) is 0.544. The summed E-state index contributed by atoms with van der Waals surface area (Å²) in [6.07, 6.45) is 1.03. The van der Waals surface area contributed by atoms with Crippen LogP contribution in [0.4, 0.5) is 0 Å². The van der Waals surface area contributed by atoms with E-state index in [4.69, 9.17) is 14.2 Å². The van der Waals surface area contributed by atoms with Gasteiger partial charge >= 0.3 is 0 Å². The highest BCUT2D eigenvalue weighted by molar-refractivity contribution is 9.08. The molecule has 1 aromatic carbocycles. The Morgan fingerprint density at radius 2 is 1.94 bits per heavy atom. The second-order valence-corrected chi connectivity index (χ2v) is 4.14. The van der Waals surface area contributed by atoms with Crippen molar-refractivity contribution >= 4 is 15.9 Å². The van der Waals surface area contributed by atoms with Crippen molar-refractivity contribution in [3.05, 3.63) is 23.8 Å². The minimum atomic E-state index is 0.546. The monoisotopic (exact) mass is 302 g/mol. The van der Waals surface area contributed by atoms with E-state index in [0.29, 0.717) is 13.2 Å². The summed E-state index contributed by atoms with van der Waals surface area (Å²) in [6, 6.07) is 5.91. The number of alkyl halides is 1. The first-order valence-electron chi connectivity index (χ1n) is 5.75. The number of benzene rings is 1. The van der Waals surface area contributed by atoms with Gasteiger partial charge in [-0.15, -0.1) is 0 Å². The zero-order valence-corrected chi connectivity index (χ0v) is 12.0. The smallest absolute Gasteiger partial charge is 0.161 e. The average Bonchev–Trinajstić information content (AvgIpc) is 2.38. The Morgan fingerprint density at radius 1 is 1.12 bits per heavy atom. The predicted octanol–water partition coefficient (Wildman–Crippen LogP) is 3.40. The van der Waals surface area contributed by atoms with Crippen molar-refractivity contribution in [2.45, 2.75) is 18.7 Å². The lowest BCUT2D eigenvalue weighted by Crippen LogP contribution is -2.07. The fourth-order valence-corrected chi connectivity index (χ4v) is 1.72. The highest BCUT2D eigenvalue weighted by atomic mass is 79.9. The van der Waals surface area contributed by atoms with Crippen molar-refractivity contribution in [1.82, 2.24) is 0 Å². The van der Waals surface area contributed by atoms with Crippen molar-refractivity contribution in [3.8, 4) is 11.5 Å². The third-order valence-corrected chi connectivity index (χ3v) is 2.86. The van der Waals surface area contributed by atoms with Gasteiger partial charge in [0.1, 0.15) is 6.61 Å². The highest BCUT2D eigenvalue weighted by Gasteiger charge is 2.05. The molecule has 0 aliphatic carbocycles. The highest BCUT2D eigenvalue weighted by Crippen LogP contribution is 2.28. The maximum atomic E-state index is 5.61. The molecular formula is C13H19BrO3. The second-order valence-electron chi connectivity index (χ2n) is 3.58. The van der Waals surface area contributed by atoms with Crippen LogP contribution in [0.2, 0.25) is 0 Å². The summed E-state index contributed by atoms with van der Waals surface area (Å²) in [6.45, 7) is 4.02. The van der Waals surface area contributed by atoms with Crippen molar-refractivity contribution in [2.75, 3.05) is 26.9 Å². The summed E-state index contributed by atoms with van der Waals surface area (Å²) in [5.41, 5.74) is 1.16. The molecule has 0 atom stereocenters. The van der Waals surface area contributed by atoms with Crippen LogP contribution >= 0.6 is 15.9 Å². The maximum Gasteiger partial charge on any atom is 0.161 e. The standard InChI is InChI=1S/C13H19BrO3/c1-3-6-16-7-8-17-12-5-4-11(10-14)9-13(12)15-2/h4-5,9H,3,6-8,10H2,1-2H3. The SMILES string of the molecule is CCCOCCOc1ccc(CBr)cc1OC. The third-order valence-electron chi connectivity index (χ3n) is 2.22. The van der Waals surface area contributed by atoms with Crippen molar-refractivity contribution < 1.29 is 14.2 Å². The summed E-state index contributed by atoms with van der Waals surface area (Å²) in [5, 5.41) is 0.809. The van der Waals surface area contributed by atoms with Crippen LogP contribution in [0.5, 0.6) is 11.5 Å². The summed E-state index contributed by atoms with van der Waals surface area (Å²) >= 11 is 3.41. The van der Waals surface area contributed by atoms with Crippen LogP contribution in [-0.2, 0) is 10.1 Å². The Hall–Kier alpha value is -0.740. The van der Waals surface area contributed by atoms with E-state index in [2.05, 4.69) is 22.9 Å². The molecule has 0 amide bonds. The summed E-state index contributed by atoms with van der Waals surface area (Å²) in [4.78, 5) is 0. The zero-order chi connectivity index (χ0) is 12.5. The molecule has 0 unspecified atom stereocenters. The molecule has 1 aromatic rings. The summed E-state index contributed by atoms with van der Waals surface area (Å²) in [5.74, 6) is 1.52. The van der Waals surface area contributed by atoms with Crippen molar-refractivity contribution in [2.24, 2.45) is 0 Å². The van der Waals surface area contributed by atoms with Crippen LogP contribution in [0.1, 0.15) is 18.9 Å². The van der Waals surface area contributed by atoms with Gasteiger partial charge in [0.15, 0.2) is 11.5 Å². The largest absolute Gasteiger partial charge is 0.493 e. The molecule has 0 saturated carbocycles. The van der Waals surface area contributed by atoms with Gasteiger partial charge in [0.2, 0.25) is 0 Å². The van der Waals surface area contributed by atoms with E-state index in [-0.39, 0.29) is 0 Å². The van der Waals surface area contributed by atoms with Gasteiger partial charge in [0.25, 0.3) is 0 Å². The number of halogens is 1. The molecule has 96 valence electrons. The Balaban J connectivity index is 2.46. The molecule has 0 fully saturated rings. The van der Waals surface area contributed by atoms with Gasteiger partial charge in [-0.2, -0.15) is 0 Å². The van der Waals surface area contributed by atoms with E-state index in [9.17, 15) is 0 Å². The number of ether oxygens (including phenoxy) is 3. The molecule has 0 spiro atoms. The van der Waals surface area contributed by atoms with Crippen LogP contribution < -0.4 is 9.47 Å². The number of hydrogen-bond acceptors (Lipinski definition) is 3. The predicted molar refractivity (Wildman–Crippen MR) is 72.2 cm³/mol. The summed E-state index contributed by atoms with van der Waals surface area (Å²) in [7, 11) is 1.65. The first-order valence-corrected chi connectivity index (χ1v) is 6.87. The Kier molecular flexibility index (Phi) is 7.05. The fraction of sp³-hybridized carbons (Fsp3) is 0.538. The van der Waals surface area contributed by atoms with Crippen LogP contribution in [0.15, 0.2) is 18.2 Å². The third kappa shape index (κ3) is 4.96. The van der Waals surface area contributed by atoms with Crippen molar-refractivity contribution in [3.63, 3.8) is 0 Å². The molecular weight excluding hydrogens is 284 g/mol. The number of hydrogen-bond donors (Lipinski definition) is 0. The van der Waals surface area contributed by atoms with E-state index in [1.165, 1.54) is 0 Å². The molecule has 0 heterocycles. The molecule has 3 nitrogen and oxygen atoms in total. The van der Waals surface area contributed by atoms with Crippen LogP contribution in [0.3, 0.4) is 0 Å². The molecule has 1 rings (SSSR count). The van der Waals surface area contributed by atoms with Crippen LogP contribution in [0, 0.1) is 0 Å². The van der Waals surface area contributed by atoms with Gasteiger partial charge in [-0.1, -0.05) is 28.9 Å². The molecule has 0 aliphatic heterocycles. The van der Waals surface area contributed by atoms with Gasteiger partial charge in [0.05, 0.1) is 13.7 Å². The summed E-state index contributed by atoms with van der Waals surface area (Å²) < 4.78 is 16.2. The van der Waals surface area contributed by atoms with E-state index < -0.39 is 0 Å². The van der Waals surface area contributed by atoms with Gasteiger partial charge in [-0.05, 0) is 24.1 Å². The zero-order valence-electron chi connectivity index (χ0n) is 10.4. The van der Waals surface area contributed by atoms with Gasteiger partial charge < -0.3 is 14.2 Å². The van der Waals surface area contributed by atoms with Gasteiger partial charge in [0, 0.05) is 11.9 Å². The minimum absolute atomic E-state index is 0.546. The van der Waals surface area contributed by atoms with E-state index in [0.717, 1.165) is 35.4 Å². The minimum Gasteiger partial charge on any atom is -0.493 e. The fourth-order valence-electron chi connectivity index (χ4n) is 1.37. The maximum absolute atomic E-state index is 5.61.